The van der Waals surface area contributed by atoms with Gasteiger partial charge in [0.1, 0.15) is 9.88 Å². The Labute approximate surface area is 140 Å². The summed E-state index contributed by atoms with van der Waals surface area (Å²) in [6, 6.07) is 4.00. The number of nitrogens with zero attached hydrogens (tertiary/aromatic N) is 2. The van der Waals surface area contributed by atoms with Gasteiger partial charge in [0.2, 0.25) is 0 Å². The van der Waals surface area contributed by atoms with E-state index >= 15 is 0 Å². The highest BCUT2D eigenvalue weighted by molar-refractivity contribution is 7.22. The molecule has 114 valence electrons. The molecule has 3 aromatic rings. The Hall–Kier alpha value is -1.57. The first kappa shape index (κ1) is 15.3. The predicted molar refractivity (Wildman–Crippen MR) is 94.3 cm³/mol. The van der Waals surface area contributed by atoms with E-state index in [1.165, 1.54) is 22.7 Å². The summed E-state index contributed by atoms with van der Waals surface area (Å²) in [5, 5.41) is 8.39. The van der Waals surface area contributed by atoms with Gasteiger partial charge in [-0.3, -0.25) is 10.1 Å². The number of hydrogen-bond acceptors (Lipinski definition) is 6. The van der Waals surface area contributed by atoms with Crippen LogP contribution in [0.25, 0.3) is 9.88 Å². The molecule has 4 nitrogen and oxygen atoms in total. The molecule has 3 heterocycles. The molecule has 1 amide bonds. The molecule has 0 aliphatic heterocycles. The maximum Gasteiger partial charge on any atom is 0.269 e. The molecule has 0 fully saturated rings. The molecule has 1 N–H and O–H groups in total. The Kier molecular flexibility index (Phi) is 4.37. The lowest BCUT2D eigenvalue weighted by Crippen LogP contribution is -2.11. The van der Waals surface area contributed by atoms with Crippen molar-refractivity contribution in [1.82, 2.24) is 9.97 Å². The average molecular weight is 350 g/mol. The van der Waals surface area contributed by atoms with E-state index in [0.717, 1.165) is 21.3 Å². The molecule has 0 saturated heterocycles. The molecule has 7 heteroatoms. The zero-order chi connectivity index (χ0) is 15.7. The van der Waals surface area contributed by atoms with Crippen molar-refractivity contribution < 1.29 is 4.79 Å². The van der Waals surface area contributed by atoms with Gasteiger partial charge < -0.3 is 0 Å². The number of anilines is 1. The van der Waals surface area contributed by atoms with Crippen molar-refractivity contribution in [2.45, 2.75) is 26.7 Å². The Morgan fingerprint density at radius 3 is 2.73 bits per heavy atom. The van der Waals surface area contributed by atoms with Crippen molar-refractivity contribution in [3.8, 4) is 9.88 Å². The molecule has 3 aromatic heterocycles. The normalized spacial score (nSPS) is 11.1. The topological polar surface area (TPSA) is 54.9 Å². The Balaban J connectivity index is 1.80. The third-order valence-corrected chi connectivity index (χ3v) is 6.04. The Bertz CT molecular complexity index is 787. The number of hydrogen-bond donors (Lipinski definition) is 1. The van der Waals surface area contributed by atoms with Crippen molar-refractivity contribution in [3.63, 3.8) is 0 Å². The van der Waals surface area contributed by atoms with Gasteiger partial charge in [-0.25, -0.2) is 9.97 Å². The molecule has 0 unspecified atom stereocenters. The van der Waals surface area contributed by atoms with E-state index < -0.39 is 0 Å². The predicted octanol–water partition coefficient (Wildman–Crippen LogP) is 5.01. The van der Waals surface area contributed by atoms with E-state index in [2.05, 4.69) is 29.1 Å². The van der Waals surface area contributed by atoms with Gasteiger partial charge in [0.15, 0.2) is 5.13 Å². The average Bonchev–Trinajstić information content (AvgIpc) is 3.16. The summed E-state index contributed by atoms with van der Waals surface area (Å²) in [7, 11) is 0. The first-order valence-electron chi connectivity index (χ1n) is 6.82. The van der Waals surface area contributed by atoms with E-state index in [0.29, 0.717) is 15.9 Å². The minimum atomic E-state index is -0.137. The summed E-state index contributed by atoms with van der Waals surface area (Å²) in [5.41, 5.74) is 1.76. The zero-order valence-corrected chi connectivity index (χ0v) is 14.9. The third kappa shape index (κ3) is 3.11. The smallest absolute Gasteiger partial charge is 0.269 e. The van der Waals surface area contributed by atoms with Crippen LogP contribution < -0.4 is 5.32 Å². The number of nitrogens with one attached hydrogen (secondary N) is 1. The second-order valence-corrected chi connectivity index (χ2v) is 7.90. The van der Waals surface area contributed by atoms with Gasteiger partial charge in [0, 0.05) is 5.38 Å². The highest BCUT2D eigenvalue weighted by atomic mass is 32.1. The maximum atomic E-state index is 12.4. The first-order chi connectivity index (χ1) is 10.5. The molecule has 0 aromatic carbocycles. The lowest BCUT2D eigenvalue weighted by molar-refractivity contribution is 0.103. The second-order valence-electron chi connectivity index (χ2n) is 5.10. The van der Waals surface area contributed by atoms with Crippen LogP contribution >= 0.6 is 34.0 Å². The lowest BCUT2D eigenvalue weighted by Gasteiger charge is -2.00. The molecule has 0 atom stereocenters. The molecule has 0 bridgehead atoms. The van der Waals surface area contributed by atoms with Crippen molar-refractivity contribution in [3.05, 3.63) is 39.2 Å². The van der Waals surface area contributed by atoms with Crippen LogP contribution in [0.15, 0.2) is 22.9 Å². The monoisotopic (exact) mass is 349 g/mol. The van der Waals surface area contributed by atoms with Crippen molar-refractivity contribution >= 4 is 45.0 Å². The van der Waals surface area contributed by atoms with Crippen molar-refractivity contribution in [2.75, 3.05) is 5.32 Å². The van der Waals surface area contributed by atoms with Crippen LogP contribution in [0.5, 0.6) is 0 Å². The van der Waals surface area contributed by atoms with Crippen LogP contribution in [-0.2, 0) is 0 Å². The van der Waals surface area contributed by atoms with Gasteiger partial charge in [-0.1, -0.05) is 19.9 Å². The number of carbonyl (C=O) groups excluding carboxylic acids is 1. The zero-order valence-electron chi connectivity index (χ0n) is 12.4. The Morgan fingerprint density at radius 1 is 1.27 bits per heavy atom. The largest absolute Gasteiger partial charge is 0.297 e. The number of rotatable bonds is 4. The fourth-order valence-corrected chi connectivity index (χ4v) is 4.50. The van der Waals surface area contributed by atoms with Crippen molar-refractivity contribution in [1.29, 1.82) is 0 Å². The highest BCUT2D eigenvalue weighted by Crippen LogP contribution is 2.31. The minimum Gasteiger partial charge on any atom is -0.297 e. The molecule has 0 aliphatic rings. The van der Waals surface area contributed by atoms with Gasteiger partial charge in [0.05, 0.1) is 16.3 Å². The van der Waals surface area contributed by atoms with E-state index in [4.69, 9.17) is 0 Å². The van der Waals surface area contributed by atoms with Crippen LogP contribution in [0, 0.1) is 6.92 Å². The van der Waals surface area contributed by atoms with Crippen LogP contribution in [0.1, 0.15) is 40.8 Å². The summed E-state index contributed by atoms with van der Waals surface area (Å²) in [6.07, 6.45) is 0. The van der Waals surface area contributed by atoms with Gasteiger partial charge in [-0.05, 0) is 24.3 Å². The number of amides is 1. The number of aryl methyl sites for hydroxylation is 1. The number of thiazole rings is 2. The molecule has 3 rings (SSSR count). The van der Waals surface area contributed by atoms with E-state index in [1.807, 2.05) is 29.8 Å². The highest BCUT2D eigenvalue weighted by Gasteiger charge is 2.18. The molecule has 0 saturated carbocycles. The lowest BCUT2D eigenvalue weighted by atomic mass is 10.2. The van der Waals surface area contributed by atoms with Gasteiger partial charge >= 0.3 is 0 Å². The van der Waals surface area contributed by atoms with Crippen molar-refractivity contribution in [2.24, 2.45) is 0 Å². The van der Waals surface area contributed by atoms with E-state index in [-0.39, 0.29) is 5.91 Å². The number of thiophene rings is 1. The third-order valence-electron chi connectivity index (χ3n) is 3.07. The summed E-state index contributed by atoms with van der Waals surface area (Å²) < 4.78 is 0. The fraction of sp³-hybridized carbons (Fsp3) is 0.267. The van der Waals surface area contributed by atoms with E-state index in [1.54, 1.807) is 11.3 Å². The Morgan fingerprint density at radius 2 is 2.09 bits per heavy atom. The molecule has 22 heavy (non-hydrogen) atoms. The van der Waals surface area contributed by atoms with Crippen LogP contribution in [0.4, 0.5) is 5.13 Å². The number of carbonyl (C=O) groups is 1. The quantitative estimate of drug-likeness (QED) is 0.720. The SMILES string of the molecule is Cc1nc(-c2cccs2)sc1C(=O)Nc1nc(C(C)C)cs1. The van der Waals surface area contributed by atoms with Crippen LogP contribution in [0.3, 0.4) is 0 Å². The maximum absolute atomic E-state index is 12.4. The first-order valence-corrected chi connectivity index (χ1v) is 9.40. The van der Waals surface area contributed by atoms with Gasteiger partial charge in [-0.15, -0.1) is 34.0 Å². The van der Waals surface area contributed by atoms with Gasteiger partial charge in [0.25, 0.3) is 5.91 Å². The summed E-state index contributed by atoms with van der Waals surface area (Å²) >= 11 is 4.50. The molecule has 0 aliphatic carbocycles. The number of aromatic nitrogens is 2. The second kappa shape index (κ2) is 6.28. The standard InChI is InChI=1S/C15H15N3OS3/c1-8(2)10-7-21-15(17-10)18-13(19)12-9(3)16-14(22-12)11-5-4-6-20-11/h4-8H,1-3H3,(H,17,18,19). The fourth-order valence-electron chi connectivity index (χ4n) is 1.88. The van der Waals surface area contributed by atoms with E-state index in [9.17, 15) is 4.79 Å². The molecular weight excluding hydrogens is 334 g/mol. The van der Waals surface area contributed by atoms with Crippen LogP contribution in [-0.4, -0.2) is 15.9 Å². The van der Waals surface area contributed by atoms with Crippen LogP contribution in [0.2, 0.25) is 0 Å². The molecule has 0 radical (unpaired) electrons. The minimum absolute atomic E-state index is 0.137. The molecule has 0 spiro atoms. The summed E-state index contributed by atoms with van der Waals surface area (Å²) in [5.74, 6) is 0.222. The summed E-state index contributed by atoms with van der Waals surface area (Å²) in [6.45, 7) is 6.03. The summed E-state index contributed by atoms with van der Waals surface area (Å²) in [4.78, 5) is 23.1. The molecular formula is C15H15N3OS3. The van der Waals surface area contributed by atoms with Gasteiger partial charge in [-0.2, -0.15) is 0 Å².